The highest BCUT2D eigenvalue weighted by Crippen LogP contribution is 2.28. The van der Waals surface area contributed by atoms with Crippen LogP contribution >= 0.6 is 23.1 Å². The highest BCUT2D eigenvalue weighted by molar-refractivity contribution is 8.00. The molecular formula is C18H13F2N3O5S2. The van der Waals surface area contributed by atoms with Crippen molar-refractivity contribution in [3.8, 4) is 5.75 Å². The molecule has 0 bridgehead atoms. The third kappa shape index (κ3) is 5.48. The van der Waals surface area contributed by atoms with Gasteiger partial charge in [-0.1, -0.05) is 30.0 Å². The lowest BCUT2D eigenvalue weighted by molar-refractivity contribution is -0.115. The summed E-state index contributed by atoms with van der Waals surface area (Å²) < 4.78 is 36.9. The van der Waals surface area contributed by atoms with Crippen LogP contribution in [0.5, 0.6) is 5.75 Å². The first-order valence-corrected chi connectivity index (χ1v) is 10.2. The molecule has 0 saturated heterocycles. The van der Waals surface area contributed by atoms with Crippen LogP contribution in [0.25, 0.3) is 0 Å². The van der Waals surface area contributed by atoms with E-state index in [-0.39, 0.29) is 28.7 Å². The average Bonchev–Trinajstić information content (AvgIpc) is 3.17. The predicted molar refractivity (Wildman–Crippen MR) is 105 cm³/mol. The fourth-order valence-corrected chi connectivity index (χ4v) is 3.69. The van der Waals surface area contributed by atoms with Crippen LogP contribution in [0.3, 0.4) is 0 Å². The summed E-state index contributed by atoms with van der Waals surface area (Å²) in [5.41, 5.74) is -0.879. The molecule has 0 saturated carbocycles. The van der Waals surface area contributed by atoms with Gasteiger partial charge in [0.15, 0.2) is 16.0 Å². The number of carbonyl (C=O) groups is 2. The summed E-state index contributed by atoms with van der Waals surface area (Å²) in [7, 11) is 0. The molecule has 2 aromatic heterocycles. The van der Waals surface area contributed by atoms with Gasteiger partial charge in [-0.05, 0) is 18.2 Å². The van der Waals surface area contributed by atoms with Gasteiger partial charge in [-0.2, -0.15) is 0 Å². The number of hydrogen-bond acceptors (Lipinski definition) is 9. The largest absolute Gasteiger partial charge is 0.464 e. The van der Waals surface area contributed by atoms with E-state index in [1.807, 2.05) is 0 Å². The maximum absolute atomic E-state index is 13.2. The maximum Gasteiger partial charge on any atom is 0.343 e. The molecule has 0 unspecified atom stereocenters. The Morgan fingerprint density at radius 1 is 1.23 bits per heavy atom. The first-order valence-electron chi connectivity index (χ1n) is 8.40. The van der Waals surface area contributed by atoms with Crippen molar-refractivity contribution in [1.82, 2.24) is 10.2 Å². The topological polar surface area (TPSA) is 111 Å². The van der Waals surface area contributed by atoms with Gasteiger partial charge in [0, 0.05) is 12.5 Å². The van der Waals surface area contributed by atoms with E-state index >= 15 is 0 Å². The van der Waals surface area contributed by atoms with Gasteiger partial charge in [-0.15, -0.1) is 10.2 Å². The summed E-state index contributed by atoms with van der Waals surface area (Å²) >= 11 is 2.41. The zero-order valence-corrected chi connectivity index (χ0v) is 16.9. The smallest absolute Gasteiger partial charge is 0.343 e. The molecule has 8 nitrogen and oxygen atoms in total. The summed E-state index contributed by atoms with van der Waals surface area (Å²) in [6.45, 7) is 1.72. The van der Waals surface area contributed by atoms with Gasteiger partial charge in [0.1, 0.15) is 12.0 Å². The Labute approximate surface area is 176 Å². The maximum atomic E-state index is 13.2. The number of halogens is 2. The molecule has 3 aromatic rings. The lowest BCUT2D eigenvalue weighted by Gasteiger charge is -2.04. The Morgan fingerprint density at radius 3 is 2.73 bits per heavy atom. The fourth-order valence-electron chi connectivity index (χ4n) is 2.03. The zero-order chi connectivity index (χ0) is 21.7. The van der Waals surface area contributed by atoms with Crippen molar-refractivity contribution in [2.45, 2.75) is 23.4 Å². The normalized spacial score (nSPS) is 10.6. The van der Waals surface area contributed by atoms with Crippen LogP contribution in [0, 0.1) is 11.6 Å². The van der Waals surface area contributed by atoms with Gasteiger partial charge in [-0.3, -0.25) is 9.59 Å². The molecule has 0 aliphatic heterocycles. The Kier molecular flexibility index (Phi) is 6.90. The number of nitrogens with zero attached hydrogens (tertiary/aromatic N) is 2. The Morgan fingerprint density at radius 2 is 2.03 bits per heavy atom. The van der Waals surface area contributed by atoms with Crippen molar-refractivity contribution >= 4 is 40.1 Å². The third-order valence-electron chi connectivity index (χ3n) is 3.52. The van der Waals surface area contributed by atoms with Crippen LogP contribution < -0.4 is 15.5 Å². The third-order valence-corrected chi connectivity index (χ3v) is 5.52. The molecule has 156 valence electrons. The molecule has 0 aliphatic carbocycles. The minimum atomic E-state index is -1.21. The second-order valence-electron chi connectivity index (χ2n) is 5.66. The molecule has 0 radical (unpaired) electrons. The number of anilines is 1. The minimum absolute atomic E-state index is 0.179. The second kappa shape index (κ2) is 9.59. The van der Waals surface area contributed by atoms with E-state index in [4.69, 9.17) is 9.15 Å². The van der Waals surface area contributed by atoms with Crippen molar-refractivity contribution in [3.63, 3.8) is 0 Å². The monoisotopic (exact) mass is 453 g/mol. The minimum Gasteiger partial charge on any atom is -0.464 e. The van der Waals surface area contributed by atoms with E-state index in [9.17, 15) is 23.2 Å². The number of aromatic nitrogens is 2. The molecule has 0 spiro atoms. The average molecular weight is 453 g/mol. The van der Waals surface area contributed by atoms with Gasteiger partial charge in [-0.25, -0.2) is 13.6 Å². The van der Waals surface area contributed by atoms with Crippen LogP contribution in [0.4, 0.5) is 13.9 Å². The van der Waals surface area contributed by atoms with Gasteiger partial charge >= 0.3 is 5.97 Å². The Hall–Kier alpha value is -3.12. The molecule has 1 N–H and O–H groups in total. The van der Waals surface area contributed by atoms with E-state index in [0.717, 1.165) is 24.5 Å². The van der Waals surface area contributed by atoms with E-state index in [2.05, 4.69) is 15.5 Å². The number of hydrogen-bond donors (Lipinski definition) is 1. The van der Waals surface area contributed by atoms with Crippen LogP contribution in [-0.2, 0) is 10.5 Å². The molecule has 0 fully saturated rings. The first kappa shape index (κ1) is 21.6. The van der Waals surface area contributed by atoms with Crippen molar-refractivity contribution in [2.75, 3.05) is 5.32 Å². The number of rotatable bonds is 7. The van der Waals surface area contributed by atoms with E-state index in [1.54, 1.807) is 6.92 Å². The number of esters is 1. The fraction of sp³-hybridized carbons (Fsp3) is 0.167. The highest BCUT2D eigenvalue weighted by Gasteiger charge is 2.15. The number of carbonyl (C=O) groups excluding carboxylic acids is 2. The molecule has 1 aromatic carbocycles. The van der Waals surface area contributed by atoms with Crippen LogP contribution in [-0.4, -0.2) is 22.1 Å². The SMILES string of the molecule is CCC(=O)Nc1nnc(SCc2cc(=O)c(OC(=O)c3ccc(F)c(F)c3)co2)s1. The van der Waals surface area contributed by atoms with E-state index < -0.39 is 23.0 Å². The summed E-state index contributed by atoms with van der Waals surface area (Å²) in [5, 5.41) is 10.7. The lowest BCUT2D eigenvalue weighted by Crippen LogP contribution is -2.15. The predicted octanol–water partition coefficient (Wildman–Crippen LogP) is 3.63. The quantitative estimate of drug-likeness (QED) is 0.328. The zero-order valence-electron chi connectivity index (χ0n) is 15.3. The summed E-state index contributed by atoms with van der Waals surface area (Å²) in [4.78, 5) is 35.5. The molecular weight excluding hydrogens is 440 g/mol. The number of amides is 1. The standard InChI is InChI=1S/C18H13F2N3O5S2/c1-2-15(25)21-17-22-23-18(30-17)29-8-10-6-13(24)14(7-27-10)28-16(26)9-3-4-11(19)12(20)5-9/h3-7H,2,8H2,1H3,(H,21,22,25). The number of thioether (sulfide) groups is 1. The Balaban J connectivity index is 1.61. The first-order chi connectivity index (χ1) is 14.4. The molecule has 3 rings (SSSR count). The van der Waals surface area contributed by atoms with Crippen molar-refractivity contribution in [1.29, 1.82) is 0 Å². The van der Waals surface area contributed by atoms with Crippen LogP contribution in [0.15, 0.2) is 44.1 Å². The molecule has 30 heavy (non-hydrogen) atoms. The number of nitrogens with one attached hydrogen (secondary N) is 1. The summed E-state index contributed by atoms with van der Waals surface area (Å²) in [6.07, 6.45) is 1.28. The van der Waals surface area contributed by atoms with Gasteiger partial charge in [0.2, 0.25) is 22.2 Å². The molecule has 12 heteroatoms. The highest BCUT2D eigenvalue weighted by atomic mass is 32.2. The number of ether oxygens (including phenoxy) is 1. The Bertz CT molecular complexity index is 1150. The molecule has 1 amide bonds. The van der Waals surface area contributed by atoms with Gasteiger partial charge < -0.3 is 14.5 Å². The van der Waals surface area contributed by atoms with E-state index in [1.165, 1.54) is 23.1 Å². The molecule has 0 aliphatic rings. The molecule has 2 heterocycles. The lowest BCUT2D eigenvalue weighted by atomic mass is 10.2. The van der Waals surface area contributed by atoms with Crippen LogP contribution in [0.1, 0.15) is 29.5 Å². The van der Waals surface area contributed by atoms with Gasteiger partial charge in [0.25, 0.3) is 0 Å². The number of benzene rings is 1. The summed E-state index contributed by atoms with van der Waals surface area (Å²) in [5.74, 6) is -3.39. The molecule has 0 atom stereocenters. The second-order valence-corrected chi connectivity index (χ2v) is 7.86. The van der Waals surface area contributed by atoms with Crippen LogP contribution in [0.2, 0.25) is 0 Å². The van der Waals surface area contributed by atoms with Crippen molar-refractivity contribution in [3.05, 3.63) is 63.7 Å². The summed E-state index contributed by atoms with van der Waals surface area (Å²) in [6, 6.07) is 3.62. The van der Waals surface area contributed by atoms with Gasteiger partial charge in [0.05, 0.1) is 11.3 Å². The van der Waals surface area contributed by atoms with E-state index in [0.29, 0.717) is 22.0 Å². The van der Waals surface area contributed by atoms with Crippen molar-refractivity contribution in [2.24, 2.45) is 0 Å². The van der Waals surface area contributed by atoms with Crippen molar-refractivity contribution < 1.29 is 27.5 Å².